The summed E-state index contributed by atoms with van der Waals surface area (Å²) in [5.74, 6) is 0.757. The van der Waals surface area contributed by atoms with E-state index in [4.69, 9.17) is 9.97 Å². The Labute approximate surface area is 290 Å². The molecule has 3 heteroatoms. The summed E-state index contributed by atoms with van der Waals surface area (Å²) in [4.78, 5) is 10.5. The molecule has 0 unspecified atom stereocenters. The molecule has 2 aliphatic carbocycles. The molecule has 2 aliphatic rings. The predicted octanol–water partition coefficient (Wildman–Crippen LogP) is 12.7. The summed E-state index contributed by atoms with van der Waals surface area (Å²) in [6.45, 7) is 0. The Morgan fingerprint density at radius 2 is 1.10 bits per heavy atom. The highest BCUT2D eigenvalue weighted by Gasteiger charge is 2.45. The minimum absolute atomic E-state index is 0.111. The summed E-state index contributed by atoms with van der Waals surface area (Å²) < 4.78 is 2.37. The minimum atomic E-state index is 0.111. The van der Waals surface area contributed by atoms with Crippen LogP contribution in [0.25, 0.3) is 76.3 Å². The van der Waals surface area contributed by atoms with Gasteiger partial charge < -0.3 is 0 Å². The normalized spacial score (nSPS) is 14.7. The van der Waals surface area contributed by atoms with Gasteiger partial charge >= 0.3 is 0 Å². The Bertz CT molecular complexity index is 2500. The first kappa shape index (κ1) is 28.6. The summed E-state index contributed by atoms with van der Waals surface area (Å²) in [6, 6.07) is 53.1. The van der Waals surface area contributed by atoms with E-state index >= 15 is 0 Å². The summed E-state index contributed by atoms with van der Waals surface area (Å²) in [5, 5.41) is 1.18. The van der Waals surface area contributed by atoms with Gasteiger partial charge in [0.2, 0.25) is 0 Å². The number of thiophene rings is 1. The molecule has 234 valence electrons. The largest absolute Gasteiger partial charge is 0.226 e. The minimum Gasteiger partial charge on any atom is -0.226 e. The number of rotatable bonds is 4. The summed E-state index contributed by atoms with van der Waals surface area (Å²) >= 11 is 1.79. The topological polar surface area (TPSA) is 25.8 Å². The van der Waals surface area contributed by atoms with Crippen molar-refractivity contribution in [2.75, 3.05) is 0 Å². The van der Waals surface area contributed by atoms with Gasteiger partial charge in [0.25, 0.3) is 0 Å². The molecule has 2 aromatic heterocycles. The molecule has 49 heavy (non-hydrogen) atoms. The van der Waals surface area contributed by atoms with E-state index in [1.54, 1.807) is 16.9 Å². The first-order valence-electron chi connectivity index (χ1n) is 17.5. The van der Waals surface area contributed by atoms with Crippen LogP contribution in [0.15, 0.2) is 146 Å². The standard InChI is InChI=1S/C46H34N2S/c1-3-12-30(13-4-1)31-20-26-34(27-21-31)45-47-42(44-43(48-45)38-15-6-8-19-40(38)49-44)33-24-22-32(23-25-33)35-16-11-17-37-36-14-5-7-18-39(36)46(41(35)37)28-9-2-10-29-46/h1,3-8,11-27H,2,9-10,28-29H2. The molecule has 0 saturated heterocycles. The van der Waals surface area contributed by atoms with E-state index in [1.165, 1.54) is 81.1 Å². The molecular weight excluding hydrogens is 613 g/mol. The average molecular weight is 647 g/mol. The second-order valence-electron chi connectivity index (χ2n) is 13.6. The molecule has 1 fully saturated rings. The molecule has 8 aromatic rings. The van der Waals surface area contributed by atoms with E-state index in [9.17, 15) is 0 Å². The molecule has 2 heterocycles. The van der Waals surface area contributed by atoms with E-state index in [1.807, 2.05) is 0 Å². The second-order valence-corrected chi connectivity index (χ2v) is 14.7. The van der Waals surface area contributed by atoms with Crippen LogP contribution in [0.2, 0.25) is 0 Å². The zero-order chi connectivity index (χ0) is 32.4. The molecule has 0 radical (unpaired) electrons. The van der Waals surface area contributed by atoms with Crippen LogP contribution in [-0.2, 0) is 5.41 Å². The van der Waals surface area contributed by atoms with Gasteiger partial charge in [0.05, 0.1) is 15.9 Å². The second kappa shape index (κ2) is 11.4. The molecule has 1 saturated carbocycles. The first-order chi connectivity index (χ1) is 24.3. The maximum absolute atomic E-state index is 5.29. The fourth-order valence-corrected chi connectivity index (χ4v) is 9.80. The van der Waals surface area contributed by atoms with E-state index in [-0.39, 0.29) is 5.41 Å². The van der Waals surface area contributed by atoms with Crippen LogP contribution < -0.4 is 0 Å². The van der Waals surface area contributed by atoms with Crippen LogP contribution in [0.5, 0.6) is 0 Å². The molecular formula is C46H34N2S. The van der Waals surface area contributed by atoms with Gasteiger partial charge in [-0.05, 0) is 63.4 Å². The van der Waals surface area contributed by atoms with Crippen LogP contribution in [-0.4, -0.2) is 9.97 Å². The number of nitrogens with zero attached hydrogens (tertiary/aromatic N) is 2. The summed E-state index contributed by atoms with van der Waals surface area (Å²) in [7, 11) is 0. The first-order valence-corrected chi connectivity index (χ1v) is 18.3. The van der Waals surface area contributed by atoms with E-state index < -0.39 is 0 Å². The number of benzene rings is 6. The Hall–Kier alpha value is -5.38. The van der Waals surface area contributed by atoms with Crippen LogP contribution in [0.1, 0.15) is 43.2 Å². The maximum atomic E-state index is 5.29. The maximum Gasteiger partial charge on any atom is 0.160 e. The molecule has 1 spiro atoms. The fraction of sp³-hybridized carbons (Fsp3) is 0.130. The zero-order valence-electron chi connectivity index (χ0n) is 27.2. The van der Waals surface area contributed by atoms with E-state index in [0.29, 0.717) is 0 Å². The van der Waals surface area contributed by atoms with Crippen LogP contribution in [0.4, 0.5) is 0 Å². The van der Waals surface area contributed by atoms with Crippen molar-refractivity contribution in [2.24, 2.45) is 0 Å². The van der Waals surface area contributed by atoms with Gasteiger partial charge in [0.15, 0.2) is 5.82 Å². The molecule has 0 atom stereocenters. The quantitative estimate of drug-likeness (QED) is 0.190. The van der Waals surface area contributed by atoms with E-state index in [0.717, 1.165) is 32.9 Å². The Morgan fingerprint density at radius 3 is 1.94 bits per heavy atom. The van der Waals surface area contributed by atoms with Gasteiger partial charge in [-0.25, -0.2) is 9.97 Å². The van der Waals surface area contributed by atoms with Crippen molar-refractivity contribution in [3.8, 4) is 56.0 Å². The number of hydrogen-bond donors (Lipinski definition) is 0. The SMILES string of the molecule is c1ccc(-c2ccc(-c3nc(-c4ccc(-c5cccc6c5C5(CCCCC5)c5ccccc5-6)cc4)c4sc5ccccc5c4n3)cc2)cc1. The number of fused-ring (bicyclic) bond motifs is 8. The van der Waals surface area contributed by atoms with Gasteiger partial charge in [-0.1, -0.05) is 159 Å². The molecule has 0 aliphatic heterocycles. The van der Waals surface area contributed by atoms with Gasteiger partial charge in [-0.2, -0.15) is 0 Å². The van der Waals surface area contributed by atoms with Crippen molar-refractivity contribution in [1.82, 2.24) is 9.97 Å². The molecule has 6 aromatic carbocycles. The molecule has 0 bridgehead atoms. The van der Waals surface area contributed by atoms with Gasteiger partial charge in [-0.3, -0.25) is 0 Å². The number of hydrogen-bond acceptors (Lipinski definition) is 3. The zero-order valence-corrected chi connectivity index (χ0v) is 28.0. The monoisotopic (exact) mass is 646 g/mol. The lowest BCUT2D eigenvalue weighted by Crippen LogP contribution is -2.28. The van der Waals surface area contributed by atoms with Gasteiger partial charge in [0, 0.05) is 26.6 Å². The molecule has 2 nitrogen and oxygen atoms in total. The van der Waals surface area contributed by atoms with Crippen molar-refractivity contribution >= 4 is 31.6 Å². The smallest absolute Gasteiger partial charge is 0.160 e. The van der Waals surface area contributed by atoms with Crippen LogP contribution in [0.3, 0.4) is 0 Å². The highest BCUT2D eigenvalue weighted by Crippen LogP contribution is 2.58. The number of aromatic nitrogens is 2. The lowest BCUT2D eigenvalue weighted by Gasteiger charge is -2.37. The van der Waals surface area contributed by atoms with Crippen molar-refractivity contribution in [1.29, 1.82) is 0 Å². The van der Waals surface area contributed by atoms with Crippen molar-refractivity contribution < 1.29 is 0 Å². The third-order valence-corrected chi connectivity index (χ3v) is 12.1. The highest BCUT2D eigenvalue weighted by atomic mass is 32.1. The lowest BCUT2D eigenvalue weighted by atomic mass is 9.66. The van der Waals surface area contributed by atoms with Crippen LogP contribution >= 0.6 is 11.3 Å². The molecule has 0 N–H and O–H groups in total. The summed E-state index contributed by atoms with van der Waals surface area (Å²) in [6.07, 6.45) is 6.37. The Balaban J connectivity index is 1.10. The predicted molar refractivity (Wildman–Crippen MR) is 206 cm³/mol. The van der Waals surface area contributed by atoms with Gasteiger partial charge in [0.1, 0.15) is 0 Å². The average Bonchev–Trinajstić information content (AvgIpc) is 3.69. The van der Waals surface area contributed by atoms with Crippen molar-refractivity contribution in [3.63, 3.8) is 0 Å². The third-order valence-electron chi connectivity index (χ3n) is 10.9. The van der Waals surface area contributed by atoms with Crippen molar-refractivity contribution in [3.05, 3.63) is 157 Å². The fourth-order valence-electron chi connectivity index (χ4n) is 8.64. The molecule has 10 rings (SSSR count). The van der Waals surface area contributed by atoms with E-state index in [2.05, 4.69) is 146 Å². The van der Waals surface area contributed by atoms with Crippen molar-refractivity contribution in [2.45, 2.75) is 37.5 Å². The Kier molecular flexibility index (Phi) is 6.63. The van der Waals surface area contributed by atoms with Gasteiger partial charge in [-0.15, -0.1) is 11.3 Å². The lowest BCUT2D eigenvalue weighted by molar-refractivity contribution is 0.353. The molecule has 0 amide bonds. The Morgan fingerprint density at radius 1 is 0.469 bits per heavy atom. The highest BCUT2D eigenvalue weighted by molar-refractivity contribution is 7.26. The third kappa shape index (κ3) is 4.53. The van der Waals surface area contributed by atoms with Crippen LogP contribution in [0, 0.1) is 0 Å². The summed E-state index contributed by atoms with van der Waals surface area (Å²) in [5.41, 5.74) is 15.2.